The van der Waals surface area contributed by atoms with Gasteiger partial charge in [0.2, 0.25) is 12.3 Å². The molecule has 4 rings (SSSR count). The van der Waals surface area contributed by atoms with Crippen molar-refractivity contribution in [1.29, 1.82) is 0 Å². The van der Waals surface area contributed by atoms with Crippen molar-refractivity contribution >= 4 is 18.0 Å². The number of nitrogens with zero attached hydrogens (tertiary/aromatic N) is 1. The van der Waals surface area contributed by atoms with Crippen LogP contribution in [0.2, 0.25) is 0 Å². The normalized spacial score (nSPS) is 18.4. The number of carbonyl (C=O) groups is 2. The summed E-state index contributed by atoms with van der Waals surface area (Å²) in [6.07, 6.45) is 1.85. The van der Waals surface area contributed by atoms with Crippen LogP contribution in [0.4, 0.5) is 0 Å². The Morgan fingerprint density at radius 1 is 1.00 bits per heavy atom. The average molecular weight is 459 g/mol. The maximum atomic E-state index is 13.0. The molecule has 0 unspecified atom stereocenters. The number of hydrogen-bond acceptors (Lipinski definition) is 4. The molecule has 7 nitrogen and oxygen atoms in total. The van der Waals surface area contributed by atoms with Gasteiger partial charge in [-0.25, -0.2) is 0 Å². The molecule has 34 heavy (non-hydrogen) atoms. The van der Waals surface area contributed by atoms with Crippen LogP contribution in [0.25, 0.3) is 0 Å². The number of hydrazine groups is 1. The van der Waals surface area contributed by atoms with Gasteiger partial charge in [0.15, 0.2) is 6.04 Å². The highest BCUT2D eigenvalue weighted by Crippen LogP contribution is 2.27. The summed E-state index contributed by atoms with van der Waals surface area (Å²) in [5.41, 5.74) is 6.19. The second-order valence-corrected chi connectivity index (χ2v) is 8.05. The van der Waals surface area contributed by atoms with Gasteiger partial charge in [0.1, 0.15) is 11.5 Å². The fourth-order valence-electron chi connectivity index (χ4n) is 3.89. The fraction of sp³-hybridized carbons (Fsp3) is 0.222. The lowest BCUT2D eigenvalue weighted by molar-refractivity contribution is -0.596. The molecular weight excluding hydrogens is 430 g/mol. The lowest BCUT2D eigenvalue weighted by atomic mass is 9.99. The number of rotatable bonds is 7. The third-order valence-corrected chi connectivity index (χ3v) is 5.67. The van der Waals surface area contributed by atoms with Gasteiger partial charge in [-0.2, -0.15) is 0 Å². The van der Waals surface area contributed by atoms with Gasteiger partial charge in [0.25, 0.3) is 5.91 Å². The molecular formula is C27H28N3O4+. The standard InChI is InChI=1S/C27H27N3O4/c1-4-34-23-13-7-19(8-14-23)17-30-25(20-11-15-22(33-3)16-12-20)24(27(32)29-30)28-26(31)21-9-5-18(2)6-10-21/h5-17,24-25H,4H2,1-3H3,(H-,28,29,31,32)/p+1/b30-17-/t24-,25+/m1/s1. The van der Waals surface area contributed by atoms with E-state index in [4.69, 9.17) is 9.47 Å². The third-order valence-electron chi connectivity index (χ3n) is 5.67. The molecule has 1 fully saturated rings. The van der Waals surface area contributed by atoms with Crippen molar-refractivity contribution in [3.63, 3.8) is 0 Å². The summed E-state index contributed by atoms with van der Waals surface area (Å²) in [4.78, 5) is 26.0. The number of nitrogens with one attached hydrogen (secondary N) is 2. The van der Waals surface area contributed by atoms with Crippen molar-refractivity contribution in [2.45, 2.75) is 25.9 Å². The van der Waals surface area contributed by atoms with Crippen LogP contribution in [0.3, 0.4) is 0 Å². The number of hydrogen-bond donors (Lipinski definition) is 2. The average Bonchev–Trinajstić information content (AvgIpc) is 3.15. The first-order chi connectivity index (χ1) is 16.5. The Hall–Kier alpha value is -4.13. The number of carbonyl (C=O) groups excluding carboxylic acids is 2. The third kappa shape index (κ3) is 5.09. The van der Waals surface area contributed by atoms with Crippen LogP contribution >= 0.6 is 0 Å². The molecule has 0 spiro atoms. The van der Waals surface area contributed by atoms with Crippen LogP contribution < -0.4 is 20.2 Å². The Kier molecular flexibility index (Phi) is 6.92. The van der Waals surface area contributed by atoms with Crippen molar-refractivity contribution in [1.82, 2.24) is 10.7 Å². The number of ether oxygens (including phenoxy) is 2. The van der Waals surface area contributed by atoms with Crippen LogP contribution in [0.5, 0.6) is 11.5 Å². The van der Waals surface area contributed by atoms with Gasteiger partial charge in [-0.1, -0.05) is 17.7 Å². The minimum atomic E-state index is -0.791. The maximum absolute atomic E-state index is 13.0. The molecule has 1 aliphatic heterocycles. The van der Waals surface area contributed by atoms with E-state index in [9.17, 15) is 9.59 Å². The van der Waals surface area contributed by atoms with Gasteiger partial charge < -0.3 is 14.8 Å². The van der Waals surface area contributed by atoms with E-state index in [1.165, 1.54) is 0 Å². The smallest absolute Gasteiger partial charge is 0.304 e. The van der Waals surface area contributed by atoms with Gasteiger partial charge >= 0.3 is 5.91 Å². The molecule has 3 aromatic carbocycles. The minimum Gasteiger partial charge on any atom is -0.497 e. The minimum absolute atomic E-state index is 0.288. The molecule has 2 N–H and O–H groups in total. The molecule has 7 heteroatoms. The van der Waals surface area contributed by atoms with E-state index < -0.39 is 12.1 Å². The molecule has 174 valence electrons. The molecule has 0 aromatic heterocycles. The van der Waals surface area contributed by atoms with Gasteiger partial charge in [0.05, 0.1) is 13.7 Å². The number of amides is 2. The van der Waals surface area contributed by atoms with Crippen LogP contribution in [0, 0.1) is 6.92 Å². The number of benzene rings is 3. The second kappa shape index (κ2) is 10.2. The lowest BCUT2D eigenvalue weighted by Crippen LogP contribution is -2.42. The molecule has 1 aliphatic rings. The van der Waals surface area contributed by atoms with Crippen LogP contribution in [-0.2, 0) is 4.79 Å². The monoisotopic (exact) mass is 458 g/mol. The van der Waals surface area contributed by atoms with Crippen molar-refractivity contribution in [3.8, 4) is 11.5 Å². The Bertz CT molecular complexity index is 1190. The van der Waals surface area contributed by atoms with E-state index in [1.54, 1.807) is 23.9 Å². The highest BCUT2D eigenvalue weighted by molar-refractivity contribution is 5.98. The largest absolute Gasteiger partial charge is 0.497 e. The summed E-state index contributed by atoms with van der Waals surface area (Å²) < 4.78 is 12.5. The number of hydrazone groups is 1. The maximum Gasteiger partial charge on any atom is 0.304 e. The van der Waals surface area contributed by atoms with Gasteiger partial charge in [-0.05, 0) is 74.5 Å². The molecule has 0 aliphatic carbocycles. The molecule has 2 atom stereocenters. The topological polar surface area (TPSA) is 79.7 Å². The predicted molar refractivity (Wildman–Crippen MR) is 129 cm³/mol. The van der Waals surface area contributed by atoms with E-state index in [0.717, 1.165) is 22.4 Å². The first-order valence-electron chi connectivity index (χ1n) is 11.2. The van der Waals surface area contributed by atoms with Gasteiger partial charge in [0, 0.05) is 16.7 Å². The summed E-state index contributed by atoms with van der Waals surface area (Å²) in [6, 6.07) is 21.1. The Labute approximate surface area is 199 Å². The first-order valence-corrected chi connectivity index (χ1v) is 11.2. The predicted octanol–water partition coefficient (Wildman–Crippen LogP) is 3.42. The summed E-state index contributed by atoms with van der Waals surface area (Å²) >= 11 is 0. The van der Waals surface area contributed by atoms with E-state index in [2.05, 4.69) is 10.7 Å². The van der Waals surface area contributed by atoms with Gasteiger partial charge in [-0.15, -0.1) is 10.1 Å². The molecule has 0 radical (unpaired) electrons. The van der Waals surface area contributed by atoms with Crippen molar-refractivity contribution in [2.75, 3.05) is 13.7 Å². The zero-order chi connectivity index (χ0) is 24.1. The Morgan fingerprint density at radius 3 is 2.26 bits per heavy atom. The zero-order valence-electron chi connectivity index (χ0n) is 19.4. The Balaban J connectivity index is 1.67. The fourth-order valence-corrected chi connectivity index (χ4v) is 3.89. The summed E-state index contributed by atoms with van der Waals surface area (Å²) in [6.45, 7) is 4.48. The van der Waals surface area contributed by atoms with E-state index in [1.807, 2.05) is 80.7 Å². The van der Waals surface area contributed by atoms with Crippen molar-refractivity contribution < 1.29 is 23.7 Å². The van der Waals surface area contributed by atoms with Crippen LogP contribution in [-0.4, -0.2) is 42.5 Å². The zero-order valence-corrected chi connectivity index (χ0v) is 19.4. The molecule has 0 bridgehead atoms. The number of methoxy groups -OCH3 is 1. The van der Waals surface area contributed by atoms with Crippen molar-refractivity contribution in [2.24, 2.45) is 0 Å². The molecule has 3 aromatic rings. The molecule has 1 saturated heterocycles. The summed E-state index contributed by atoms with van der Waals surface area (Å²) in [7, 11) is 1.60. The van der Waals surface area contributed by atoms with Crippen LogP contribution in [0.15, 0.2) is 72.8 Å². The van der Waals surface area contributed by atoms with Crippen LogP contribution in [0.1, 0.15) is 40.0 Å². The lowest BCUT2D eigenvalue weighted by Gasteiger charge is -2.15. The molecule has 0 saturated carbocycles. The van der Waals surface area contributed by atoms with E-state index in [-0.39, 0.29) is 11.8 Å². The molecule has 1 heterocycles. The molecule has 2 amide bonds. The van der Waals surface area contributed by atoms with E-state index >= 15 is 0 Å². The highest BCUT2D eigenvalue weighted by atomic mass is 16.5. The SMILES string of the molecule is CCOc1ccc(/C=[N+]2\NC(=O)[C@H](NC(=O)c3ccc(C)cc3)[C@@H]2c2ccc(OC)cc2)cc1. The highest BCUT2D eigenvalue weighted by Gasteiger charge is 2.47. The summed E-state index contributed by atoms with van der Waals surface area (Å²) in [5, 5.41) is 2.92. The van der Waals surface area contributed by atoms with Crippen molar-refractivity contribution in [3.05, 3.63) is 95.1 Å². The quantitative estimate of drug-likeness (QED) is 0.532. The number of aryl methyl sites for hydroxylation is 1. The van der Waals surface area contributed by atoms with E-state index in [0.29, 0.717) is 17.9 Å². The van der Waals surface area contributed by atoms with Gasteiger partial charge in [-0.3, -0.25) is 9.59 Å². The second-order valence-electron chi connectivity index (χ2n) is 8.05. The first kappa shape index (κ1) is 23.0. The Morgan fingerprint density at radius 2 is 1.65 bits per heavy atom. The summed E-state index contributed by atoms with van der Waals surface area (Å²) in [5.74, 6) is 0.897.